The second-order valence-corrected chi connectivity index (χ2v) is 7.59. The summed E-state index contributed by atoms with van der Waals surface area (Å²) in [6, 6.07) is 0. The maximum absolute atomic E-state index is 11.8. The summed E-state index contributed by atoms with van der Waals surface area (Å²) in [5, 5.41) is 20.2. The molecule has 0 aromatic rings. The Morgan fingerprint density at radius 2 is 2.05 bits per heavy atom. The van der Waals surface area contributed by atoms with E-state index in [0.717, 1.165) is 24.8 Å². The summed E-state index contributed by atoms with van der Waals surface area (Å²) in [5.41, 5.74) is -0.0161. The van der Waals surface area contributed by atoms with E-state index in [1.807, 2.05) is 6.92 Å². The van der Waals surface area contributed by atoms with Crippen LogP contribution in [0.3, 0.4) is 0 Å². The highest BCUT2D eigenvalue weighted by Crippen LogP contribution is 2.62. The SMILES string of the molecule is CC1(C(=O)O)CCCC2(C)C3CCC(=O)C=C3C(O)CC12. The number of carbonyl (C=O) groups excluding carboxylic acids is 1. The fraction of sp³-hybridized carbons (Fsp3) is 0.765. The van der Waals surface area contributed by atoms with E-state index in [4.69, 9.17) is 0 Å². The van der Waals surface area contributed by atoms with Crippen LogP contribution in [-0.2, 0) is 9.59 Å². The van der Waals surface area contributed by atoms with E-state index < -0.39 is 17.5 Å². The molecule has 4 nitrogen and oxygen atoms in total. The van der Waals surface area contributed by atoms with Crippen molar-refractivity contribution in [2.24, 2.45) is 22.7 Å². The average molecular weight is 292 g/mol. The molecule has 0 heterocycles. The van der Waals surface area contributed by atoms with Crippen LogP contribution < -0.4 is 0 Å². The third-order valence-corrected chi connectivity index (χ3v) is 6.51. The van der Waals surface area contributed by atoms with Gasteiger partial charge in [0.2, 0.25) is 0 Å². The predicted octanol–water partition coefficient (Wildman–Crippen LogP) is 2.55. The number of carboxylic acid groups (broad SMARTS) is 1. The normalized spacial score (nSPS) is 46.3. The van der Waals surface area contributed by atoms with Crippen molar-refractivity contribution in [2.45, 2.75) is 58.5 Å². The molecule has 0 aromatic heterocycles. The topological polar surface area (TPSA) is 74.6 Å². The molecule has 21 heavy (non-hydrogen) atoms. The van der Waals surface area contributed by atoms with Gasteiger partial charge in [-0.15, -0.1) is 0 Å². The Kier molecular flexibility index (Phi) is 3.28. The summed E-state index contributed by atoms with van der Waals surface area (Å²) in [4.78, 5) is 23.5. The first kappa shape index (κ1) is 14.8. The molecular formula is C17H24O4. The fourth-order valence-corrected chi connectivity index (χ4v) is 5.33. The van der Waals surface area contributed by atoms with Crippen LogP contribution >= 0.6 is 0 Å². The van der Waals surface area contributed by atoms with Gasteiger partial charge in [-0.25, -0.2) is 0 Å². The smallest absolute Gasteiger partial charge is 0.309 e. The van der Waals surface area contributed by atoms with E-state index in [-0.39, 0.29) is 23.0 Å². The monoisotopic (exact) mass is 292 g/mol. The molecule has 3 rings (SSSR count). The number of carboxylic acids is 1. The summed E-state index contributed by atoms with van der Waals surface area (Å²) in [6.07, 6.45) is 5.29. The van der Waals surface area contributed by atoms with E-state index in [9.17, 15) is 19.8 Å². The van der Waals surface area contributed by atoms with Gasteiger partial charge in [-0.2, -0.15) is 0 Å². The fourth-order valence-electron chi connectivity index (χ4n) is 5.33. The number of rotatable bonds is 1. The zero-order valence-corrected chi connectivity index (χ0v) is 12.8. The minimum atomic E-state index is -0.763. The van der Waals surface area contributed by atoms with Crippen LogP contribution in [0, 0.1) is 22.7 Å². The maximum Gasteiger partial charge on any atom is 0.309 e. The molecule has 0 spiro atoms. The molecule has 0 aromatic carbocycles. The highest BCUT2D eigenvalue weighted by Gasteiger charge is 2.59. The number of aliphatic hydroxyl groups excluding tert-OH is 1. The molecule has 4 heteroatoms. The van der Waals surface area contributed by atoms with Gasteiger partial charge in [-0.3, -0.25) is 9.59 Å². The molecule has 3 aliphatic rings. The van der Waals surface area contributed by atoms with Gasteiger partial charge in [0, 0.05) is 6.42 Å². The first-order valence-electron chi connectivity index (χ1n) is 7.95. The third kappa shape index (κ3) is 1.99. The van der Waals surface area contributed by atoms with Gasteiger partial charge < -0.3 is 10.2 Å². The third-order valence-electron chi connectivity index (χ3n) is 6.51. The molecule has 0 saturated heterocycles. The van der Waals surface area contributed by atoms with Gasteiger partial charge >= 0.3 is 5.97 Å². The number of aliphatic carboxylic acids is 1. The Bertz CT molecular complexity index is 523. The summed E-state index contributed by atoms with van der Waals surface area (Å²) >= 11 is 0. The van der Waals surface area contributed by atoms with Crippen LogP contribution in [0.15, 0.2) is 11.6 Å². The molecule has 0 amide bonds. The van der Waals surface area contributed by atoms with Crippen molar-refractivity contribution in [1.82, 2.24) is 0 Å². The highest BCUT2D eigenvalue weighted by molar-refractivity contribution is 5.91. The predicted molar refractivity (Wildman–Crippen MR) is 77.6 cm³/mol. The van der Waals surface area contributed by atoms with Crippen LogP contribution in [0.5, 0.6) is 0 Å². The Morgan fingerprint density at radius 3 is 2.71 bits per heavy atom. The first-order chi connectivity index (χ1) is 9.79. The van der Waals surface area contributed by atoms with E-state index in [1.165, 1.54) is 0 Å². The van der Waals surface area contributed by atoms with Crippen LogP contribution in [0.1, 0.15) is 52.4 Å². The first-order valence-corrected chi connectivity index (χ1v) is 7.95. The van der Waals surface area contributed by atoms with Crippen molar-refractivity contribution in [3.63, 3.8) is 0 Å². The van der Waals surface area contributed by atoms with Crippen LogP contribution in [0.4, 0.5) is 0 Å². The standard InChI is InChI=1S/C17H24O4/c1-16-6-3-7-17(2,15(20)21)14(16)9-13(19)11-8-10(18)4-5-12(11)16/h8,12-14,19H,3-7,9H2,1-2H3,(H,20,21). The van der Waals surface area contributed by atoms with E-state index in [0.29, 0.717) is 19.3 Å². The molecular weight excluding hydrogens is 268 g/mol. The lowest BCUT2D eigenvalue weighted by atomic mass is 9.45. The zero-order chi connectivity index (χ0) is 15.4. The summed E-state index contributed by atoms with van der Waals surface area (Å²) in [5.74, 6) is -0.520. The van der Waals surface area contributed by atoms with Gasteiger partial charge in [-0.1, -0.05) is 13.3 Å². The lowest BCUT2D eigenvalue weighted by molar-refractivity contribution is -0.168. The average Bonchev–Trinajstić information content (AvgIpc) is 2.41. The van der Waals surface area contributed by atoms with Crippen LogP contribution in [0.2, 0.25) is 0 Å². The van der Waals surface area contributed by atoms with Gasteiger partial charge in [0.15, 0.2) is 5.78 Å². The van der Waals surface area contributed by atoms with Gasteiger partial charge in [0.1, 0.15) is 0 Å². The maximum atomic E-state index is 11.8. The second kappa shape index (κ2) is 4.67. The lowest BCUT2D eigenvalue weighted by Gasteiger charge is -2.59. The molecule has 0 radical (unpaired) electrons. The molecule has 0 bridgehead atoms. The largest absolute Gasteiger partial charge is 0.481 e. The molecule has 3 aliphatic carbocycles. The number of hydrogen-bond acceptors (Lipinski definition) is 3. The van der Waals surface area contributed by atoms with Crippen LogP contribution in [-0.4, -0.2) is 28.1 Å². The Hall–Kier alpha value is -1.16. The minimum Gasteiger partial charge on any atom is -0.481 e. The van der Waals surface area contributed by atoms with Crippen molar-refractivity contribution in [3.05, 3.63) is 11.6 Å². The van der Waals surface area contributed by atoms with E-state index in [2.05, 4.69) is 6.92 Å². The molecule has 2 fully saturated rings. The zero-order valence-electron chi connectivity index (χ0n) is 12.8. The number of ketones is 1. The molecule has 116 valence electrons. The molecule has 5 atom stereocenters. The van der Waals surface area contributed by atoms with E-state index in [1.54, 1.807) is 6.08 Å². The number of allylic oxidation sites excluding steroid dienone is 1. The Labute approximate surface area is 125 Å². The summed E-state index contributed by atoms with van der Waals surface area (Å²) in [7, 11) is 0. The van der Waals surface area contributed by atoms with Crippen LogP contribution in [0.25, 0.3) is 0 Å². The number of fused-ring (bicyclic) bond motifs is 3. The highest BCUT2D eigenvalue weighted by atomic mass is 16.4. The molecule has 2 N–H and O–H groups in total. The van der Waals surface area contributed by atoms with Gasteiger partial charge in [0.25, 0.3) is 0 Å². The van der Waals surface area contributed by atoms with Crippen molar-refractivity contribution in [1.29, 1.82) is 0 Å². The number of carbonyl (C=O) groups is 2. The minimum absolute atomic E-state index is 0.0263. The van der Waals surface area contributed by atoms with Crippen molar-refractivity contribution in [2.75, 3.05) is 0 Å². The quantitative estimate of drug-likeness (QED) is 0.779. The van der Waals surface area contributed by atoms with E-state index >= 15 is 0 Å². The summed E-state index contributed by atoms with van der Waals surface area (Å²) in [6.45, 7) is 4.02. The van der Waals surface area contributed by atoms with Crippen molar-refractivity contribution >= 4 is 11.8 Å². The van der Waals surface area contributed by atoms with Crippen molar-refractivity contribution in [3.8, 4) is 0 Å². The molecule has 2 saturated carbocycles. The number of aliphatic hydroxyl groups is 1. The number of hydrogen-bond donors (Lipinski definition) is 2. The Balaban J connectivity index is 2.06. The molecule has 0 aliphatic heterocycles. The second-order valence-electron chi connectivity index (χ2n) is 7.59. The summed E-state index contributed by atoms with van der Waals surface area (Å²) < 4.78 is 0. The van der Waals surface area contributed by atoms with Gasteiger partial charge in [-0.05, 0) is 61.5 Å². The lowest BCUT2D eigenvalue weighted by Crippen LogP contribution is -2.56. The molecule has 5 unspecified atom stereocenters. The Morgan fingerprint density at radius 1 is 1.33 bits per heavy atom. The van der Waals surface area contributed by atoms with Crippen molar-refractivity contribution < 1.29 is 19.8 Å². The van der Waals surface area contributed by atoms with Gasteiger partial charge in [0.05, 0.1) is 11.5 Å².